The van der Waals surface area contributed by atoms with Gasteiger partial charge in [0.1, 0.15) is 17.2 Å². The van der Waals surface area contributed by atoms with E-state index in [1.54, 1.807) is 30.4 Å². The normalized spacial score (nSPS) is 12.4. The van der Waals surface area contributed by atoms with E-state index in [4.69, 9.17) is 27.9 Å². The zero-order valence-corrected chi connectivity index (χ0v) is 13.8. The maximum atomic E-state index is 11.3. The lowest BCUT2D eigenvalue weighted by Gasteiger charge is -2.12. The van der Waals surface area contributed by atoms with E-state index in [2.05, 4.69) is 15.9 Å². The molecule has 0 fully saturated rings. The number of halogens is 3. The first-order valence-electron chi connectivity index (χ1n) is 5.80. The average Bonchev–Trinajstić information content (AvgIpc) is 2.36. The highest BCUT2D eigenvalue weighted by Gasteiger charge is 2.13. The highest BCUT2D eigenvalue weighted by molar-refractivity contribution is 9.09. The Bertz CT molecular complexity index is 529. The van der Waals surface area contributed by atoms with E-state index in [1.165, 1.54) is 6.92 Å². The summed E-state index contributed by atoms with van der Waals surface area (Å²) in [5.74, 6) is -0.493. The van der Waals surface area contributed by atoms with Crippen molar-refractivity contribution in [3.05, 3.63) is 39.9 Å². The van der Waals surface area contributed by atoms with Gasteiger partial charge in [0.15, 0.2) is 0 Å². The molecule has 1 unspecified atom stereocenters. The fourth-order valence-electron chi connectivity index (χ4n) is 1.48. The molecule has 0 bridgehead atoms. The summed E-state index contributed by atoms with van der Waals surface area (Å²) in [7, 11) is 0. The number of hydrogen-bond acceptors (Lipinski definition) is 3. The van der Waals surface area contributed by atoms with Gasteiger partial charge in [0.2, 0.25) is 0 Å². The molecule has 0 saturated carbocycles. The van der Waals surface area contributed by atoms with Gasteiger partial charge in [-0.2, -0.15) is 0 Å². The van der Waals surface area contributed by atoms with E-state index >= 15 is 0 Å². The number of hydrogen-bond donors (Lipinski definition) is 0. The van der Waals surface area contributed by atoms with Crippen molar-refractivity contribution in [2.75, 3.05) is 5.33 Å². The van der Waals surface area contributed by atoms with Gasteiger partial charge in [-0.1, -0.05) is 51.3 Å². The second-order valence-corrected chi connectivity index (χ2v) is 5.50. The van der Waals surface area contributed by atoms with Gasteiger partial charge in [0.05, 0.1) is 0 Å². The molecular formula is C14H13BrCl2O3. The summed E-state index contributed by atoms with van der Waals surface area (Å²) < 4.78 is 5.13. The molecule has 108 valence electrons. The molecule has 1 aromatic carbocycles. The Balaban J connectivity index is 2.84. The summed E-state index contributed by atoms with van der Waals surface area (Å²) in [4.78, 5) is 22.4. The van der Waals surface area contributed by atoms with Crippen LogP contribution in [0.1, 0.15) is 18.9 Å². The number of carbonyl (C=O) groups excluding carboxylic acids is 2. The van der Waals surface area contributed by atoms with Crippen molar-refractivity contribution in [1.29, 1.82) is 0 Å². The van der Waals surface area contributed by atoms with Gasteiger partial charge >= 0.3 is 5.97 Å². The largest absolute Gasteiger partial charge is 0.457 e. The lowest BCUT2D eigenvalue weighted by molar-refractivity contribution is -0.144. The first-order valence-corrected chi connectivity index (χ1v) is 7.68. The van der Waals surface area contributed by atoms with Crippen molar-refractivity contribution in [2.24, 2.45) is 0 Å². The van der Waals surface area contributed by atoms with Crippen molar-refractivity contribution >= 4 is 57.0 Å². The van der Waals surface area contributed by atoms with Gasteiger partial charge in [-0.3, -0.25) is 9.59 Å². The number of rotatable bonds is 6. The van der Waals surface area contributed by atoms with Crippen LogP contribution in [0.2, 0.25) is 10.0 Å². The van der Waals surface area contributed by atoms with Crippen LogP contribution in [-0.2, 0) is 14.3 Å². The molecule has 0 aromatic heterocycles. The summed E-state index contributed by atoms with van der Waals surface area (Å²) >= 11 is 14.8. The summed E-state index contributed by atoms with van der Waals surface area (Å²) in [6, 6.07) is 5.07. The van der Waals surface area contributed by atoms with Gasteiger partial charge < -0.3 is 4.74 Å². The van der Waals surface area contributed by atoms with E-state index in [0.717, 1.165) is 5.56 Å². The van der Waals surface area contributed by atoms with Crippen molar-refractivity contribution in [1.82, 2.24) is 0 Å². The van der Waals surface area contributed by atoms with Crippen LogP contribution in [-0.4, -0.2) is 23.2 Å². The van der Waals surface area contributed by atoms with Crippen molar-refractivity contribution in [3.63, 3.8) is 0 Å². The van der Waals surface area contributed by atoms with Gasteiger partial charge in [-0.25, -0.2) is 0 Å². The molecule has 0 spiro atoms. The summed E-state index contributed by atoms with van der Waals surface area (Å²) in [6.45, 7) is 1.44. The molecule has 1 rings (SSSR count). The quantitative estimate of drug-likeness (QED) is 0.546. The minimum atomic E-state index is -0.607. The van der Waals surface area contributed by atoms with Crippen molar-refractivity contribution in [3.8, 4) is 0 Å². The Labute approximate surface area is 136 Å². The van der Waals surface area contributed by atoms with E-state index in [0.29, 0.717) is 10.0 Å². The monoisotopic (exact) mass is 378 g/mol. The third-order valence-electron chi connectivity index (χ3n) is 2.33. The van der Waals surface area contributed by atoms with Gasteiger partial charge in [-0.05, 0) is 30.7 Å². The number of benzene rings is 1. The number of ether oxygens (including phenoxy) is 1. The molecule has 0 aliphatic carbocycles. The van der Waals surface area contributed by atoms with Crippen LogP contribution in [0.3, 0.4) is 0 Å². The second-order valence-electron chi connectivity index (χ2n) is 4.09. The van der Waals surface area contributed by atoms with Crippen molar-refractivity contribution in [2.45, 2.75) is 19.4 Å². The van der Waals surface area contributed by atoms with E-state index in [9.17, 15) is 9.59 Å². The maximum absolute atomic E-state index is 11.3. The highest BCUT2D eigenvalue weighted by atomic mass is 79.9. The number of ketones is 1. The third-order valence-corrected chi connectivity index (χ3v) is 3.35. The molecule has 0 radical (unpaired) electrons. The molecule has 6 heteroatoms. The smallest absolute Gasteiger partial charge is 0.317 e. The summed E-state index contributed by atoms with van der Waals surface area (Å²) in [6.07, 6.45) is 2.86. The lowest BCUT2D eigenvalue weighted by Crippen LogP contribution is -2.19. The van der Waals surface area contributed by atoms with Crippen LogP contribution in [0.5, 0.6) is 0 Å². The first-order chi connectivity index (χ1) is 9.42. The van der Waals surface area contributed by atoms with Gasteiger partial charge in [-0.15, -0.1) is 0 Å². The Hall–Kier alpha value is -0.840. The molecule has 1 aromatic rings. The summed E-state index contributed by atoms with van der Waals surface area (Å²) in [5.41, 5.74) is 0.736. The fourth-order valence-corrected chi connectivity index (χ4v) is 2.08. The molecular weight excluding hydrogens is 367 g/mol. The van der Waals surface area contributed by atoms with Crippen LogP contribution >= 0.6 is 39.1 Å². The molecule has 20 heavy (non-hydrogen) atoms. The first kappa shape index (κ1) is 17.2. The van der Waals surface area contributed by atoms with Gasteiger partial charge in [0, 0.05) is 16.5 Å². The van der Waals surface area contributed by atoms with Crippen LogP contribution in [0.4, 0.5) is 0 Å². The van der Waals surface area contributed by atoms with Crippen LogP contribution in [0.25, 0.3) is 6.08 Å². The molecule has 0 saturated heterocycles. The minimum Gasteiger partial charge on any atom is -0.457 e. The number of esters is 1. The van der Waals surface area contributed by atoms with Crippen LogP contribution in [0.15, 0.2) is 24.3 Å². The molecule has 0 aliphatic heterocycles. The van der Waals surface area contributed by atoms with E-state index in [-0.39, 0.29) is 17.5 Å². The Morgan fingerprint density at radius 2 is 2.10 bits per heavy atom. The number of Topliss-reactive ketones (excluding diaryl/α,β-unsaturated/α-hetero) is 1. The number of carbonyl (C=O) groups is 2. The SMILES string of the molecule is CC(=O)CC(C=Cc1ccc(Cl)cc1Cl)OC(=O)CBr. The Morgan fingerprint density at radius 3 is 2.65 bits per heavy atom. The average molecular weight is 380 g/mol. The third kappa shape index (κ3) is 6.07. The fraction of sp³-hybridized carbons (Fsp3) is 0.286. The predicted molar refractivity (Wildman–Crippen MR) is 84.5 cm³/mol. The van der Waals surface area contributed by atoms with Crippen LogP contribution < -0.4 is 0 Å². The van der Waals surface area contributed by atoms with E-state index < -0.39 is 12.1 Å². The number of alkyl halides is 1. The zero-order chi connectivity index (χ0) is 15.1. The molecule has 0 aliphatic rings. The second kappa shape index (κ2) is 8.45. The maximum Gasteiger partial charge on any atom is 0.317 e. The van der Waals surface area contributed by atoms with Crippen molar-refractivity contribution < 1.29 is 14.3 Å². The minimum absolute atomic E-state index is 0.0655. The standard InChI is InChI=1S/C14H13BrCl2O3/c1-9(18)6-12(20-14(19)8-15)5-3-10-2-4-11(16)7-13(10)17/h2-5,7,12H,6,8H2,1H3. The van der Waals surface area contributed by atoms with E-state index in [1.807, 2.05) is 0 Å². The highest BCUT2D eigenvalue weighted by Crippen LogP contribution is 2.22. The lowest BCUT2D eigenvalue weighted by atomic mass is 10.1. The Kier molecular flexibility index (Phi) is 7.27. The predicted octanol–water partition coefficient (Wildman–Crippen LogP) is 4.29. The topological polar surface area (TPSA) is 43.4 Å². The molecule has 0 heterocycles. The summed E-state index contributed by atoms with van der Waals surface area (Å²) in [5, 5.41) is 1.11. The zero-order valence-electron chi connectivity index (χ0n) is 10.7. The molecule has 0 N–H and O–H groups in total. The Morgan fingerprint density at radius 1 is 1.40 bits per heavy atom. The molecule has 1 atom stereocenters. The molecule has 0 amide bonds. The van der Waals surface area contributed by atoms with Crippen LogP contribution in [0, 0.1) is 0 Å². The van der Waals surface area contributed by atoms with Gasteiger partial charge in [0.25, 0.3) is 0 Å². The molecule has 3 nitrogen and oxygen atoms in total.